The first-order valence-corrected chi connectivity index (χ1v) is 4.94. The van der Waals surface area contributed by atoms with E-state index in [9.17, 15) is 4.79 Å². The number of nitrogens with one attached hydrogen (secondary N) is 1. The Morgan fingerprint density at radius 2 is 1.86 bits per heavy atom. The molecule has 0 aliphatic rings. The normalized spacial score (nSPS) is 8.64. The van der Waals surface area contributed by atoms with E-state index in [2.05, 4.69) is 5.32 Å². The van der Waals surface area contributed by atoms with Crippen molar-refractivity contribution in [1.82, 2.24) is 0 Å². The van der Waals surface area contributed by atoms with Gasteiger partial charge in [-0.05, 0) is 26.0 Å². The molecular weight excluding hydrogens is 174 g/mol. The Hall–Kier alpha value is -1.31. The first-order chi connectivity index (χ1) is 6.65. The van der Waals surface area contributed by atoms with Crippen LogP contribution in [-0.4, -0.2) is 12.8 Å². The Balaban J connectivity index is 0.000000791. The molecular formula is C12H19NO. The number of ketones is 1. The maximum Gasteiger partial charge on any atom is 0.161 e. The lowest BCUT2D eigenvalue weighted by Crippen LogP contribution is -2.00. The fourth-order valence-corrected chi connectivity index (χ4v) is 1.17. The Morgan fingerprint density at radius 3 is 2.29 bits per heavy atom. The van der Waals surface area contributed by atoms with Crippen LogP contribution in [0.2, 0.25) is 0 Å². The molecule has 1 aromatic rings. The van der Waals surface area contributed by atoms with Crippen LogP contribution in [0.15, 0.2) is 18.2 Å². The Bertz CT molecular complexity index is 305. The number of anilines is 1. The van der Waals surface area contributed by atoms with E-state index in [1.165, 1.54) is 0 Å². The van der Waals surface area contributed by atoms with E-state index in [1.54, 1.807) is 6.92 Å². The van der Waals surface area contributed by atoms with Crippen molar-refractivity contribution in [2.75, 3.05) is 12.4 Å². The van der Waals surface area contributed by atoms with E-state index >= 15 is 0 Å². The van der Waals surface area contributed by atoms with Crippen molar-refractivity contribution < 1.29 is 4.79 Å². The van der Waals surface area contributed by atoms with E-state index < -0.39 is 0 Å². The first-order valence-electron chi connectivity index (χ1n) is 4.94. The molecule has 0 saturated carbocycles. The van der Waals surface area contributed by atoms with Gasteiger partial charge in [0.25, 0.3) is 0 Å². The molecule has 0 atom stereocenters. The molecule has 2 nitrogen and oxygen atoms in total. The van der Waals surface area contributed by atoms with E-state index in [0.717, 1.165) is 16.8 Å². The summed E-state index contributed by atoms with van der Waals surface area (Å²) in [4.78, 5) is 11.1. The van der Waals surface area contributed by atoms with E-state index in [4.69, 9.17) is 0 Å². The van der Waals surface area contributed by atoms with Crippen molar-refractivity contribution in [3.05, 3.63) is 29.3 Å². The molecule has 0 radical (unpaired) electrons. The molecule has 0 aliphatic carbocycles. The van der Waals surface area contributed by atoms with Crippen LogP contribution < -0.4 is 5.32 Å². The maximum absolute atomic E-state index is 11.1. The molecule has 78 valence electrons. The summed E-state index contributed by atoms with van der Waals surface area (Å²) in [6.45, 7) is 7.56. The fourth-order valence-electron chi connectivity index (χ4n) is 1.17. The van der Waals surface area contributed by atoms with E-state index in [-0.39, 0.29) is 5.78 Å². The van der Waals surface area contributed by atoms with Gasteiger partial charge in [0.15, 0.2) is 5.78 Å². The Labute approximate surface area is 86.3 Å². The molecule has 0 bridgehead atoms. The highest BCUT2D eigenvalue weighted by atomic mass is 16.1. The van der Waals surface area contributed by atoms with Crippen molar-refractivity contribution in [2.45, 2.75) is 27.7 Å². The van der Waals surface area contributed by atoms with Crippen LogP contribution in [-0.2, 0) is 0 Å². The lowest BCUT2D eigenvalue weighted by Gasteiger charge is -2.06. The molecule has 2 heteroatoms. The molecule has 1 aromatic carbocycles. The third kappa shape index (κ3) is 3.21. The number of benzene rings is 1. The highest BCUT2D eigenvalue weighted by molar-refractivity contribution is 5.99. The minimum absolute atomic E-state index is 0.100. The summed E-state index contributed by atoms with van der Waals surface area (Å²) in [6, 6.07) is 5.80. The smallest absolute Gasteiger partial charge is 0.161 e. The molecule has 14 heavy (non-hydrogen) atoms. The van der Waals surface area contributed by atoms with Gasteiger partial charge in [0, 0.05) is 18.3 Å². The van der Waals surface area contributed by atoms with Gasteiger partial charge in [0.1, 0.15) is 0 Å². The maximum atomic E-state index is 11.1. The second-order valence-corrected chi connectivity index (χ2v) is 2.86. The molecule has 0 unspecified atom stereocenters. The van der Waals surface area contributed by atoms with Gasteiger partial charge in [-0.3, -0.25) is 4.79 Å². The minimum atomic E-state index is 0.100. The number of carbonyl (C=O) groups excluding carboxylic acids is 1. The van der Waals surface area contributed by atoms with Gasteiger partial charge in [0.05, 0.1) is 0 Å². The van der Waals surface area contributed by atoms with E-state index in [0.29, 0.717) is 0 Å². The van der Waals surface area contributed by atoms with Gasteiger partial charge in [0.2, 0.25) is 0 Å². The highest BCUT2D eigenvalue weighted by Gasteiger charge is 2.04. The number of hydrogen-bond donors (Lipinski definition) is 1. The Kier molecular flexibility index (Phi) is 5.61. The summed E-state index contributed by atoms with van der Waals surface area (Å²) >= 11 is 0. The summed E-state index contributed by atoms with van der Waals surface area (Å²) in [7, 11) is 1.82. The summed E-state index contributed by atoms with van der Waals surface area (Å²) in [5.74, 6) is 0.100. The molecule has 0 amide bonds. The van der Waals surface area contributed by atoms with Crippen molar-refractivity contribution >= 4 is 11.5 Å². The molecule has 0 saturated heterocycles. The summed E-state index contributed by atoms with van der Waals surface area (Å²) in [5.41, 5.74) is 2.77. The van der Waals surface area contributed by atoms with Gasteiger partial charge in [-0.2, -0.15) is 0 Å². The molecule has 0 heterocycles. The topological polar surface area (TPSA) is 29.1 Å². The van der Waals surface area contributed by atoms with Gasteiger partial charge in [-0.15, -0.1) is 0 Å². The molecule has 1 rings (SSSR count). The Morgan fingerprint density at radius 1 is 1.29 bits per heavy atom. The first kappa shape index (κ1) is 12.7. The van der Waals surface area contributed by atoms with Crippen LogP contribution in [0, 0.1) is 6.92 Å². The zero-order chi connectivity index (χ0) is 11.1. The third-order valence-electron chi connectivity index (χ3n) is 1.82. The van der Waals surface area contributed by atoms with Crippen LogP contribution >= 0.6 is 0 Å². The number of carbonyl (C=O) groups is 1. The second-order valence-electron chi connectivity index (χ2n) is 2.86. The molecule has 0 fully saturated rings. The van der Waals surface area contributed by atoms with Gasteiger partial charge in [-0.1, -0.05) is 25.5 Å². The summed E-state index contributed by atoms with van der Waals surface area (Å²) in [5, 5.41) is 2.98. The van der Waals surface area contributed by atoms with Crippen molar-refractivity contribution in [1.29, 1.82) is 0 Å². The van der Waals surface area contributed by atoms with Gasteiger partial charge < -0.3 is 5.32 Å². The highest BCUT2D eigenvalue weighted by Crippen LogP contribution is 2.16. The summed E-state index contributed by atoms with van der Waals surface area (Å²) in [6.07, 6.45) is 0. The van der Waals surface area contributed by atoms with Crippen molar-refractivity contribution in [2.24, 2.45) is 0 Å². The number of hydrogen-bond acceptors (Lipinski definition) is 2. The van der Waals surface area contributed by atoms with Gasteiger partial charge in [-0.25, -0.2) is 0 Å². The minimum Gasteiger partial charge on any atom is -0.388 e. The van der Waals surface area contributed by atoms with E-state index in [1.807, 2.05) is 46.0 Å². The largest absolute Gasteiger partial charge is 0.388 e. The van der Waals surface area contributed by atoms with Crippen LogP contribution in [0.5, 0.6) is 0 Å². The predicted octanol–water partition coefficient (Wildman–Crippen LogP) is 3.27. The predicted molar refractivity (Wildman–Crippen MR) is 62.1 cm³/mol. The SMILES string of the molecule is CC.CNc1ccc(C)cc1C(C)=O. The molecule has 0 aromatic heterocycles. The zero-order valence-corrected chi connectivity index (χ0v) is 9.64. The average Bonchev–Trinajstić information content (AvgIpc) is 2.20. The quantitative estimate of drug-likeness (QED) is 0.730. The molecule has 1 N–H and O–H groups in total. The fraction of sp³-hybridized carbons (Fsp3) is 0.417. The molecule has 0 aliphatic heterocycles. The van der Waals surface area contributed by atoms with Crippen molar-refractivity contribution in [3.63, 3.8) is 0 Å². The monoisotopic (exact) mass is 193 g/mol. The summed E-state index contributed by atoms with van der Waals surface area (Å²) < 4.78 is 0. The number of aryl methyl sites for hydroxylation is 1. The number of Topliss-reactive ketones (excluding diaryl/α,β-unsaturated/α-hetero) is 1. The molecule has 0 spiro atoms. The van der Waals surface area contributed by atoms with Crippen LogP contribution in [0.4, 0.5) is 5.69 Å². The third-order valence-corrected chi connectivity index (χ3v) is 1.82. The second kappa shape index (κ2) is 6.19. The lowest BCUT2D eigenvalue weighted by atomic mass is 10.1. The standard InChI is InChI=1S/C10H13NO.C2H6/c1-7-4-5-10(11-3)9(6-7)8(2)12;1-2/h4-6,11H,1-3H3;1-2H3. The van der Waals surface area contributed by atoms with Crippen LogP contribution in [0.3, 0.4) is 0 Å². The lowest BCUT2D eigenvalue weighted by molar-refractivity contribution is 0.101. The van der Waals surface area contributed by atoms with Crippen LogP contribution in [0.1, 0.15) is 36.7 Å². The number of rotatable bonds is 2. The van der Waals surface area contributed by atoms with Crippen molar-refractivity contribution in [3.8, 4) is 0 Å². The van der Waals surface area contributed by atoms with Crippen LogP contribution in [0.25, 0.3) is 0 Å². The zero-order valence-electron chi connectivity index (χ0n) is 9.64. The van der Waals surface area contributed by atoms with Gasteiger partial charge >= 0.3 is 0 Å². The average molecular weight is 193 g/mol.